The molecule has 1 N–H and O–H groups in total. The molecule has 0 spiro atoms. The molecule has 1 aliphatic rings. The van der Waals surface area contributed by atoms with Crippen molar-refractivity contribution in [2.75, 3.05) is 48.8 Å². The summed E-state index contributed by atoms with van der Waals surface area (Å²) in [6.07, 6.45) is 0.567. The first kappa shape index (κ1) is 24.6. The molecule has 1 atom stereocenters. The number of hydrogen-bond acceptors (Lipinski definition) is 7. The molecule has 2 heterocycles. The van der Waals surface area contributed by atoms with Crippen LogP contribution in [0.3, 0.4) is 0 Å². The van der Waals surface area contributed by atoms with Crippen LogP contribution >= 0.6 is 11.6 Å². The Morgan fingerprint density at radius 2 is 1.97 bits per heavy atom. The number of benzene rings is 2. The minimum absolute atomic E-state index is 0.149. The van der Waals surface area contributed by atoms with Crippen molar-refractivity contribution in [2.45, 2.75) is 13.0 Å². The first-order valence-corrected chi connectivity index (χ1v) is 11.3. The number of nitrogens with zero attached hydrogens (tertiary/aromatic N) is 5. The Labute approximate surface area is 207 Å². The molecule has 4 rings (SSSR count). The number of rotatable bonds is 5. The van der Waals surface area contributed by atoms with Crippen molar-refractivity contribution in [3.63, 3.8) is 0 Å². The lowest BCUT2D eigenvalue weighted by Crippen LogP contribution is -2.50. The molecule has 0 radical (unpaired) electrons. The summed E-state index contributed by atoms with van der Waals surface area (Å²) in [5.41, 5.74) is 0.998. The van der Waals surface area contributed by atoms with Gasteiger partial charge in [0.1, 0.15) is 11.6 Å². The predicted octanol–water partition coefficient (Wildman–Crippen LogP) is 4.93. The third kappa shape index (κ3) is 5.77. The first-order chi connectivity index (χ1) is 16.7. The van der Waals surface area contributed by atoms with Crippen LogP contribution in [-0.4, -0.2) is 60.7 Å². The summed E-state index contributed by atoms with van der Waals surface area (Å²) in [6, 6.07) is 10.3. The van der Waals surface area contributed by atoms with E-state index in [1.165, 1.54) is 37.5 Å². The minimum Gasteiger partial charge on any atom is -0.407 e. The van der Waals surface area contributed by atoms with Crippen LogP contribution in [0.4, 0.5) is 36.7 Å². The van der Waals surface area contributed by atoms with Crippen LogP contribution < -0.4 is 19.9 Å². The van der Waals surface area contributed by atoms with Crippen molar-refractivity contribution in [3.05, 3.63) is 65.3 Å². The second-order valence-corrected chi connectivity index (χ2v) is 8.74. The Morgan fingerprint density at radius 3 is 2.71 bits per heavy atom. The monoisotopic (exact) mass is 502 g/mol. The number of anilines is 4. The molecule has 3 aromatic rings. The van der Waals surface area contributed by atoms with Crippen LogP contribution in [0.25, 0.3) is 0 Å². The van der Waals surface area contributed by atoms with Gasteiger partial charge in [-0.25, -0.2) is 18.6 Å². The van der Waals surface area contributed by atoms with E-state index in [1.54, 1.807) is 12.1 Å². The molecule has 1 saturated heterocycles. The second-order valence-electron chi connectivity index (χ2n) is 8.31. The van der Waals surface area contributed by atoms with E-state index in [-0.39, 0.29) is 28.4 Å². The maximum absolute atomic E-state index is 14.9. The molecule has 35 heavy (non-hydrogen) atoms. The van der Waals surface area contributed by atoms with E-state index < -0.39 is 11.9 Å². The van der Waals surface area contributed by atoms with Crippen molar-refractivity contribution < 1.29 is 18.3 Å². The zero-order valence-corrected chi connectivity index (χ0v) is 20.3. The lowest BCUT2D eigenvalue weighted by atomic mass is 10.1. The molecule has 11 heteroatoms. The normalized spacial score (nSPS) is 16.2. The molecule has 8 nitrogen and oxygen atoms in total. The summed E-state index contributed by atoms with van der Waals surface area (Å²) < 4.78 is 33.9. The van der Waals surface area contributed by atoms with Gasteiger partial charge in [0.15, 0.2) is 11.6 Å². The van der Waals surface area contributed by atoms with Crippen LogP contribution in [0, 0.1) is 11.6 Å². The van der Waals surface area contributed by atoms with Gasteiger partial charge in [-0.2, -0.15) is 4.98 Å². The SMILES string of the molecule is CC1CN(c2ccc(Nc3nccc(N(C)C(=O)Oc4cc(Cl)ccc4F)n3)cc2F)CCN1C. The largest absolute Gasteiger partial charge is 0.420 e. The summed E-state index contributed by atoms with van der Waals surface area (Å²) in [6.45, 7) is 4.47. The number of carbonyl (C=O) groups is 1. The Kier molecular flexibility index (Phi) is 7.32. The van der Waals surface area contributed by atoms with Crippen LogP contribution in [0.15, 0.2) is 48.7 Å². The van der Waals surface area contributed by atoms with Gasteiger partial charge in [0, 0.05) is 55.7 Å². The van der Waals surface area contributed by atoms with E-state index in [0.717, 1.165) is 30.6 Å². The summed E-state index contributed by atoms with van der Waals surface area (Å²) in [7, 11) is 3.48. The maximum atomic E-state index is 14.9. The van der Waals surface area contributed by atoms with Gasteiger partial charge < -0.3 is 19.9 Å². The fraction of sp³-hybridized carbons (Fsp3) is 0.292. The van der Waals surface area contributed by atoms with Gasteiger partial charge >= 0.3 is 6.09 Å². The second kappa shape index (κ2) is 10.4. The lowest BCUT2D eigenvalue weighted by molar-refractivity contribution is 0.206. The molecular weight excluding hydrogens is 478 g/mol. The smallest absolute Gasteiger partial charge is 0.407 e. The van der Waals surface area contributed by atoms with Crippen molar-refractivity contribution in [1.29, 1.82) is 0 Å². The Bertz CT molecular complexity index is 1230. The average Bonchev–Trinajstić information content (AvgIpc) is 2.83. The number of halogens is 3. The Balaban J connectivity index is 1.45. The van der Waals surface area contributed by atoms with E-state index in [4.69, 9.17) is 16.3 Å². The van der Waals surface area contributed by atoms with Gasteiger partial charge in [0.25, 0.3) is 0 Å². The van der Waals surface area contributed by atoms with Crippen molar-refractivity contribution in [2.24, 2.45) is 0 Å². The van der Waals surface area contributed by atoms with Gasteiger partial charge in [0.05, 0.1) is 5.69 Å². The molecule has 1 unspecified atom stereocenters. The number of ether oxygens (including phenoxy) is 1. The average molecular weight is 503 g/mol. The fourth-order valence-corrected chi connectivity index (χ4v) is 3.81. The van der Waals surface area contributed by atoms with Gasteiger partial charge in [0.2, 0.25) is 5.95 Å². The van der Waals surface area contributed by atoms with Crippen molar-refractivity contribution in [1.82, 2.24) is 14.9 Å². The molecule has 2 aromatic carbocycles. The zero-order chi connectivity index (χ0) is 25.1. The van der Waals surface area contributed by atoms with Crippen LogP contribution in [0.2, 0.25) is 5.02 Å². The third-order valence-electron chi connectivity index (χ3n) is 5.85. The van der Waals surface area contributed by atoms with Gasteiger partial charge in [-0.15, -0.1) is 0 Å². The highest BCUT2D eigenvalue weighted by atomic mass is 35.5. The highest BCUT2D eigenvalue weighted by molar-refractivity contribution is 6.30. The standard InChI is InChI=1S/C24H25ClF2N6O2/c1-15-14-33(11-10-31(15)2)20-7-5-17(13-19(20)27)29-23-28-9-8-22(30-23)32(3)24(34)35-21-12-16(25)4-6-18(21)26/h4-9,12-13,15H,10-11,14H2,1-3H3,(H,28,29,30). The quantitative estimate of drug-likeness (QED) is 0.530. The summed E-state index contributed by atoms with van der Waals surface area (Å²) in [4.78, 5) is 26.2. The Morgan fingerprint density at radius 1 is 1.17 bits per heavy atom. The van der Waals surface area contributed by atoms with Gasteiger partial charge in [-0.05, 0) is 50.4 Å². The van der Waals surface area contributed by atoms with E-state index in [1.807, 2.05) is 4.90 Å². The molecule has 184 valence electrons. The maximum Gasteiger partial charge on any atom is 0.420 e. The number of aromatic nitrogens is 2. The predicted molar refractivity (Wildman–Crippen MR) is 132 cm³/mol. The van der Waals surface area contributed by atoms with Gasteiger partial charge in [-0.1, -0.05) is 11.6 Å². The number of likely N-dealkylation sites (N-methyl/N-ethyl adjacent to an activating group) is 1. The number of carbonyl (C=O) groups excluding carboxylic acids is 1. The van der Waals surface area contributed by atoms with Crippen LogP contribution in [-0.2, 0) is 0 Å². The summed E-state index contributed by atoms with van der Waals surface area (Å²) in [5, 5.41) is 3.17. The van der Waals surface area contributed by atoms with Crippen molar-refractivity contribution >= 4 is 40.8 Å². The van der Waals surface area contributed by atoms with Gasteiger partial charge in [-0.3, -0.25) is 4.90 Å². The molecule has 1 aliphatic heterocycles. The van der Waals surface area contributed by atoms with Crippen molar-refractivity contribution in [3.8, 4) is 5.75 Å². The Hall–Kier alpha value is -3.50. The number of piperazine rings is 1. The van der Waals surface area contributed by atoms with Crippen LogP contribution in [0.1, 0.15) is 6.92 Å². The molecule has 1 amide bonds. The molecule has 1 fully saturated rings. The summed E-state index contributed by atoms with van der Waals surface area (Å²) >= 11 is 5.84. The molecule has 1 aromatic heterocycles. The summed E-state index contributed by atoms with van der Waals surface area (Å²) in [5.74, 6) is -1.04. The molecule has 0 bridgehead atoms. The molecule has 0 aliphatic carbocycles. The number of nitrogens with one attached hydrogen (secondary N) is 1. The fourth-order valence-electron chi connectivity index (χ4n) is 3.65. The van der Waals surface area contributed by atoms with E-state index in [2.05, 4.69) is 34.2 Å². The molecule has 0 saturated carbocycles. The van der Waals surface area contributed by atoms with E-state index in [9.17, 15) is 13.6 Å². The third-order valence-corrected chi connectivity index (χ3v) is 6.09. The van der Waals surface area contributed by atoms with Crippen LogP contribution in [0.5, 0.6) is 5.75 Å². The zero-order valence-electron chi connectivity index (χ0n) is 19.5. The minimum atomic E-state index is -0.868. The number of hydrogen-bond donors (Lipinski definition) is 1. The number of amides is 1. The highest BCUT2D eigenvalue weighted by Gasteiger charge is 2.23. The highest BCUT2D eigenvalue weighted by Crippen LogP contribution is 2.27. The lowest BCUT2D eigenvalue weighted by Gasteiger charge is -2.39. The first-order valence-electron chi connectivity index (χ1n) is 11.0. The van der Waals surface area contributed by atoms with E-state index >= 15 is 0 Å². The molecular formula is C24H25ClF2N6O2. The topological polar surface area (TPSA) is 73.8 Å². The van der Waals surface area contributed by atoms with E-state index in [0.29, 0.717) is 17.4 Å².